The molecule has 1 saturated heterocycles. The van der Waals surface area contributed by atoms with Crippen molar-refractivity contribution in [3.8, 4) is 11.5 Å². The summed E-state index contributed by atoms with van der Waals surface area (Å²) in [5, 5.41) is 7.66. The molecule has 0 aliphatic carbocycles. The predicted molar refractivity (Wildman–Crippen MR) is 104 cm³/mol. The van der Waals surface area contributed by atoms with Gasteiger partial charge in [0.15, 0.2) is 0 Å². The van der Waals surface area contributed by atoms with E-state index >= 15 is 0 Å². The Hall–Kier alpha value is -3.22. The van der Waals surface area contributed by atoms with Crippen molar-refractivity contribution in [1.29, 1.82) is 0 Å². The summed E-state index contributed by atoms with van der Waals surface area (Å²) in [6, 6.07) is 12.4. The smallest absolute Gasteiger partial charge is 0.311 e. The van der Waals surface area contributed by atoms with Crippen LogP contribution in [-0.2, 0) is 0 Å². The average Bonchev–Trinajstić information content (AvgIpc) is 3.20. The average molecular weight is 380 g/mol. The van der Waals surface area contributed by atoms with Crippen molar-refractivity contribution in [3.05, 3.63) is 65.3 Å². The van der Waals surface area contributed by atoms with E-state index in [1.807, 2.05) is 0 Å². The molecule has 4 rings (SSSR count). The van der Waals surface area contributed by atoms with Crippen LogP contribution in [0.15, 0.2) is 46.9 Å². The van der Waals surface area contributed by atoms with Gasteiger partial charge in [0.1, 0.15) is 5.82 Å². The molecule has 2 heterocycles. The van der Waals surface area contributed by atoms with Gasteiger partial charge in [-0.2, -0.15) is 0 Å². The van der Waals surface area contributed by atoms with E-state index in [4.69, 9.17) is 4.42 Å². The van der Waals surface area contributed by atoms with Crippen molar-refractivity contribution < 1.29 is 13.6 Å². The second-order valence-electron chi connectivity index (χ2n) is 6.89. The normalized spacial score (nSPS) is 14.4. The molecule has 6 nitrogen and oxygen atoms in total. The summed E-state index contributed by atoms with van der Waals surface area (Å²) in [6.07, 6.45) is 0. The van der Waals surface area contributed by atoms with Crippen molar-refractivity contribution in [2.75, 3.05) is 31.1 Å². The molecule has 0 spiro atoms. The van der Waals surface area contributed by atoms with Crippen LogP contribution in [0, 0.1) is 19.7 Å². The Bertz CT molecular complexity index is 1010. The Kier molecular flexibility index (Phi) is 4.81. The highest BCUT2D eigenvalue weighted by Crippen LogP contribution is 2.25. The molecule has 0 radical (unpaired) electrons. The van der Waals surface area contributed by atoms with Crippen LogP contribution >= 0.6 is 0 Å². The Morgan fingerprint density at radius 3 is 2.50 bits per heavy atom. The Morgan fingerprint density at radius 2 is 1.75 bits per heavy atom. The van der Waals surface area contributed by atoms with Gasteiger partial charge in [0.05, 0.1) is 5.56 Å². The third-order valence-electron chi connectivity index (χ3n) is 5.20. The van der Waals surface area contributed by atoms with Gasteiger partial charge < -0.3 is 14.2 Å². The largest absolute Gasteiger partial charge is 0.412 e. The number of rotatable bonds is 3. The monoisotopic (exact) mass is 380 g/mol. The molecule has 0 unspecified atom stereocenters. The number of hydrogen-bond acceptors (Lipinski definition) is 5. The number of anilines is 1. The lowest BCUT2D eigenvalue weighted by molar-refractivity contribution is 0.0707. The zero-order chi connectivity index (χ0) is 19.7. The van der Waals surface area contributed by atoms with E-state index in [1.165, 1.54) is 22.9 Å². The summed E-state index contributed by atoms with van der Waals surface area (Å²) in [5.41, 5.74) is 3.90. The lowest BCUT2D eigenvalue weighted by Gasteiger charge is -2.36. The second kappa shape index (κ2) is 7.42. The molecular weight excluding hydrogens is 359 g/mol. The lowest BCUT2D eigenvalue weighted by Crippen LogP contribution is -2.49. The van der Waals surface area contributed by atoms with Gasteiger partial charge in [-0.25, -0.2) is 4.39 Å². The highest BCUT2D eigenvalue weighted by molar-refractivity contribution is 5.90. The first-order valence-corrected chi connectivity index (χ1v) is 9.23. The van der Waals surface area contributed by atoms with Gasteiger partial charge in [-0.3, -0.25) is 4.79 Å². The number of aryl methyl sites for hydroxylation is 1. The van der Waals surface area contributed by atoms with Gasteiger partial charge >= 0.3 is 11.8 Å². The van der Waals surface area contributed by atoms with Gasteiger partial charge in [-0.1, -0.05) is 24.3 Å². The van der Waals surface area contributed by atoms with Crippen LogP contribution in [-0.4, -0.2) is 47.2 Å². The number of aromatic nitrogens is 2. The molecular formula is C21H21FN4O2. The van der Waals surface area contributed by atoms with Crippen molar-refractivity contribution in [1.82, 2.24) is 15.1 Å². The molecule has 1 aliphatic rings. The number of benzene rings is 2. The molecule has 0 saturated carbocycles. The standard InChI is InChI=1S/C21H21FN4O2/c1-14-6-5-9-18(15(14)2)25-10-12-26(13-11-25)21(27)20-24-23-19(28-20)16-7-3-4-8-17(16)22/h3-9H,10-13H2,1-2H3. The molecule has 144 valence electrons. The molecule has 7 heteroatoms. The maximum atomic E-state index is 13.9. The highest BCUT2D eigenvalue weighted by Gasteiger charge is 2.27. The fourth-order valence-electron chi connectivity index (χ4n) is 3.42. The minimum atomic E-state index is -0.465. The third kappa shape index (κ3) is 3.35. The Balaban J connectivity index is 1.45. The van der Waals surface area contributed by atoms with Crippen LogP contribution in [0.3, 0.4) is 0 Å². The van der Waals surface area contributed by atoms with Crippen LogP contribution in [0.25, 0.3) is 11.5 Å². The maximum Gasteiger partial charge on any atom is 0.311 e. The number of amides is 1. The van der Waals surface area contributed by atoms with E-state index < -0.39 is 5.82 Å². The van der Waals surface area contributed by atoms with Crippen LogP contribution in [0.1, 0.15) is 21.8 Å². The topological polar surface area (TPSA) is 62.5 Å². The third-order valence-corrected chi connectivity index (χ3v) is 5.20. The summed E-state index contributed by atoms with van der Waals surface area (Å²) in [5.74, 6) is -0.892. The number of piperazine rings is 1. The van der Waals surface area contributed by atoms with Crippen molar-refractivity contribution in [2.45, 2.75) is 13.8 Å². The number of carbonyl (C=O) groups is 1. The van der Waals surface area contributed by atoms with Crippen LogP contribution < -0.4 is 4.90 Å². The molecule has 28 heavy (non-hydrogen) atoms. The van der Waals surface area contributed by atoms with E-state index in [9.17, 15) is 9.18 Å². The van der Waals surface area contributed by atoms with Crippen LogP contribution in [0.4, 0.5) is 10.1 Å². The van der Waals surface area contributed by atoms with Gasteiger partial charge in [-0.05, 0) is 43.2 Å². The molecule has 0 atom stereocenters. The summed E-state index contributed by atoms with van der Waals surface area (Å²) < 4.78 is 19.3. The van der Waals surface area contributed by atoms with Crippen molar-refractivity contribution in [2.24, 2.45) is 0 Å². The first-order chi connectivity index (χ1) is 13.5. The Morgan fingerprint density at radius 1 is 1.00 bits per heavy atom. The molecule has 0 bridgehead atoms. The molecule has 0 N–H and O–H groups in total. The van der Waals surface area contributed by atoms with Crippen LogP contribution in [0.5, 0.6) is 0 Å². The lowest BCUT2D eigenvalue weighted by atomic mass is 10.1. The van der Waals surface area contributed by atoms with Gasteiger partial charge in [0.2, 0.25) is 0 Å². The molecule has 1 fully saturated rings. The predicted octanol–water partition coefficient (Wildman–Crippen LogP) is 3.45. The van der Waals surface area contributed by atoms with E-state index in [0.717, 1.165) is 13.1 Å². The van der Waals surface area contributed by atoms with Crippen molar-refractivity contribution >= 4 is 11.6 Å². The minimum Gasteiger partial charge on any atom is -0.412 e. The zero-order valence-electron chi connectivity index (χ0n) is 15.9. The molecule has 1 aliphatic heterocycles. The second-order valence-corrected chi connectivity index (χ2v) is 6.89. The number of carbonyl (C=O) groups excluding carboxylic acids is 1. The molecule has 1 aromatic heterocycles. The van der Waals surface area contributed by atoms with E-state index in [1.54, 1.807) is 23.1 Å². The fourth-order valence-corrected chi connectivity index (χ4v) is 3.42. The number of halogens is 1. The first-order valence-electron chi connectivity index (χ1n) is 9.23. The molecule has 1 amide bonds. The first kappa shape index (κ1) is 18.2. The van der Waals surface area contributed by atoms with Gasteiger partial charge in [-0.15, -0.1) is 10.2 Å². The summed E-state index contributed by atoms with van der Waals surface area (Å²) >= 11 is 0. The van der Waals surface area contributed by atoms with E-state index in [-0.39, 0.29) is 23.3 Å². The summed E-state index contributed by atoms with van der Waals surface area (Å²) in [4.78, 5) is 16.7. The van der Waals surface area contributed by atoms with Crippen LogP contribution in [0.2, 0.25) is 0 Å². The van der Waals surface area contributed by atoms with Gasteiger partial charge in [0.25, 0.3) is 5.89 Å². The quantitative estimate of drug-likeness (QED) is 0.696. The molecule has 3 aromatic rings. The zero-order valence-corrected chi connectivity index (χ0v) is 15.9. The van der Waals surface area contributed by atoms with Crippen molar-refractivity contribution in [3.63, 3.8) is 0 Å². The number of hydrogen-bond donors (Lipinski definition) is 0. The maximum absolute atomic E-state index is 13.9. The van der Waals surface area contributed by atoms with Gasteiger partial charge in [0, 0.05) is 31.9 Å². The number of nitrogens with zero attached hydrogens (tertiary/aromatic N) is 4. The molecule has 2 aromatic carbocycles. The minimum absolute atomic E-state index is 0.00970. The SMILES string of the molecule is Cc1cccc(N2CCN(C(=O)c3nnc(-c4ccccc4F)o3)CC2)c1C. The Labute approximate surface area is 162 Å². The van der Waals surface area contributed by atoms with E-state index in [2.05, 4.69) is 47.1 Å². The highest BCUT2D eigenvalue weighted by atomic mass is 19.1. The summed E-state index contributed by atoms with van der Waals surface area (Å²) in [7, 11) is 0. The fraction of sp³-hybridized carbons (Fsp3) is 0.286. The summed E-state index contributed by atoms with van der Waals surface area (Å²) in [6.45, 7) is 6.79. The van der Waals surface area contributed by atoms with E-state index in [0.29, 0.717) is 13.1 Å².